The van der Waals surface area contributed by atoms with Crippen molar-refractivity contribution in [2.24, 2.45) is 5.73 Å². The molecule has 0 spiro atoms. The number of aromatic nitrogens is 3. The number of nitrogens with two attached hydrogens (primary N) is 1. The summed E-state index contributed by atoms with van der Waals surface area (Å²) in [5.41, 5.74) is 6.47. The van der Waals surface area contributed by atoms with Crippen molar-refractivity contribution in [1.29, 1.82) is 0 Å². The molecule has 2 heterocycles. The van der Waals surface area contributed by atoms with Gasteiger partial charge in [0.1, 0.15) is 18.2 Å². The first-order chi connectivity index (χ1) is 11.7. The molecule has 0 saturated heterocycles. The van der Waals surface area contributed by atoms with Crippen molar-refractivity contribution >= 4 is 23.4 Å². The maximum Gasteiger partial charge on any atom is 0.237 e. The minimum Gasteiger partial charge on any atom is -0.490 e. The highest BCUT2D eigenvalue weighted by Crippen LogP contribution is 2.31. The molecule has 7 nitrogen and oxygen atoms in total. The topological polar surface area (TPSA) is 86.3 Å². The van der Waals surface area contributed by atoms with Crippen LogP contribution in [0, 0.1) is 0 Å². The van der Waals surface area contributed by atoms with Crippen molar-refractivity contribution in [3.05, 3.63) is 42.7 Å². The van der Waals surface area contributed by atoms with Crippen LogP contribution in [-0.4, -0.2) is 39.6 Å². The van der Waals surface area contributed by atoms with Crippen LogP contribution in [0.3, 0.4) is 0 Å². The van der Waals surface area contributed by atoms with E-state index in [1.807, 2.05) is 28.8 Å². The number of para-hydroxylation sites is 2. The van der Waals surface area contributed by atoms with Crippen molar-refractivity contribution in [2.75, 3.05) is 23.8 Å². The van der Waals surface area contributed by atoms with Crippen LogP contribution in [0.5, 0.6) is 5.75 Å². The Morgan fingerprint density at radius 1 is 1.42 bits per heavy atom. The summed E-state index contributed by atoms with van der Waals surface area (Å²) >= 11 is 1.35. The van der Waals surface area contributed by atoms with E-state index < -0.39 is 0 Å². The van der Waals surface area contributed by atoms with Crippen molar-refractivity contribution in [3.8, 4) is 5.75 Å². The number of carbonyl (C=O) groups is 1. The fraction of sp³-hybridized carbons (Fsp3) is 0.312. The van der Waals surface area contributed by atoms with Gasteiger partial charge in [0.15, 0.2) is 5.16 Å². The van der Waals surface area contributed by atoms with Crippen molar-refractivity contribution < 1.29 is 9.53 Å². The number of nitrogens with zero attached hydrogens (tertiary/aromatic N) is 4. The Hall–Kier alpha value is -2.32. The van der Waals surface area contributed by atoms with Gasteiger partial charge in [-0.2, -0.15) is 0 Å². The van der Waals surface area contributed by atoms with Gasteiger partial charge in [0.2, 0.25) is 5.91 Å². The molecule has 1 aliphatic heterocycles. The largest absolute Gasteiger partial charge is 0.490 e. The lowest BCUT2D eigenvalue weighted by Crippen LogP contribution is -2.39. The molecule has 0 radical (unpaired) electrons. The molecule has 126 valence electrons. The second-order valence-electron chi connectivity index (χ2n) is 5.15. The second-order valence-corrected chi connectivity index (χ2v) is 6.09. The molecule has 3 rings (SSSR count). The van der Waals surface area contributed by atoms with Crippen LogP contribution in [0.15, 0.2) is 42.1 Å². The first-order valence-electron chi connectivity index (χ1n) is 7.62. The number of allylic oxidation sites excluding steroid dienone is 1. The van der Waals surface area contributed by atoms with E-state index in [1.165, 1.54) is 11.8 Å². The Labute approximate surface area is 144 Å². The minimum atomic E-state index is 0.0122. The quantitative estimate of drug-likeness (QED) is 0.630. The van der Waals surface area contributed by atoms with Crippen molar-refractivity contribution in [1.82, 2.24) is 14.8 Å². The number of fused-ring (bicyclic) bond motifs is 1. The molecule has 0 aliphatic carbocycles. The summed E-state index contributed by atoms with van der Waals surface area (Å²) in [5, 5.41) is 8.85. The zero-order chi connectivity index (χ0) is 16.9. The monoisotopic (exact) mass is 345 g/mol. The third kappa shape index (κ3) is 3.29. The number of benzene rings is 1. The van der Waals surface area contributed by atoms with Gasteiger partial charge in [0.25, 0.3) is 0 Å². The first-order valence-corrected chi connectivity index (χ1v) is 8.61. The van der Waals surface area contributed by atoms with E-state index in [9.17, 15) is 4.79 Å². The van der Waals surface area contributed by atoms with E-state index in [2.05, 4.69) is 16.8 Å². The Morgan fingerprint density at radius 2 is 2.25 bits per heavy atom. The Kier molecular flexibility index (Phi) is 5.17. The smallest absolute Gasteiger partial charge is 0.237 e. The fourth-order valence-electron chi connectivity index (χ4n) is 2.52. The first kappa shape index (κ1) is 16.5. The lowest BCUT2D eigenvalue weighted by molar-refractivity contribution is -0.116. The Bertz CT molecular complexity index is 746. The van der Waals surface area contributed by atoms with Crippen LogP contribution < -0.4 is 15.4 Å². The van der Waals surface area contributed by atoms with E-state index in [4.69, 9.17) is 10.5 Å². The van der Waals surface area contributed by atoms with Gasteiger partial charge >= 0.3 is 0 Å². The van der Waals surface area contributed by atoms with E-state index in [-0.39, 0.29) is 11.7 Å². The molecule has 0 bridgehead atoms. The molecule has 24 heavy (non-hydrogen) atoms. The van der Waals surface area contributed by atoms with E-state index in [1.54, 1.807) is 11.0 Å². The zero-order valence-corrected chi connectivity index (χ0v) is 14.0. The summed E-state index contributed by atoms with van der Waals surface area (Å²) in [6.45, 7) is 5.64. The van der Waals surface area contributed by atoms with Crippen LogP contribution >= 0.6 is 11.8 Å². The standard InChI is InChI=1S/C16H19N5O2S/c1-2-7-21-14(10-17)18-19-16(21)24-11-15(22)20-8-9-23-13-6-4-3-5-12(13)20/h2-6H,1,7-11,17H2. The van der Waals surface area contributed by atoms with Crippen LogP contribution in [0.4, 0.5) is 5.69 Å². The summed E-state index contributed by atoms with van der Waals surface area (Å²) in [6, 6.07) is 7.56. The average Bonchev–Trinajstić information content (AvgIpc) is 3.01. The van der Waals surface area contributed by atoms with Crippen LogP contribution in [-0.2, 0) is 17.9 Å². The van der Waals surface area contributed by atoms with Gasteiger partial charge in [0, 0.05) is 6.54 Å². The summed E-state index contributed by atoms with van der Waals surface area (Å²) < 4.78 is 7.46. The number of carbonyl (C=O) groups excluding carboxylic acids is 1. The molecule has 0 saturated carbocycles. The number of hydrogen-bond donors (Lipinski definition) is 1. The molecule has 1 amide bonds. The normalized spacial score (nSPS) is 13.3. The molecular formula is C16H19N5O2S. The predicted octanol–water partition coefficient (Wildman–Crippen LogP) is 1.44. The second kappa shape index (κ2) is 7.50. The molecule has 1 aromatic carbocycles. The third-order valence-electron chi connectivity index (χ3n) is 3.64. The van der Waals surface area contributed by atoms with E-state index in [0.29, 0.717) is 37.2 Å². The van der Waals surface area contributed by atoms with E-state index >= 15 is 0 Å². The van der Waals surface area contributed by atoms with E-state index in [0.717, 1.165) is 11.4 Å². The number of ether oxygens (including phenoxy) is 1. The third-order valence-corrected chi connectivity index (χ3v) is 4.59. The molecule has 1 aromatic heterocycles. The molecule has 0 atom stereocenters. The summed E-state index contributed by atoms with van der Waals surface area (Å²) in [7, 11) is 0. The molecular weight excluding hydrogens is 326 g/mol. The number of thioether (sulfide) groups is 1. The Balaban J connectivity index is 1.71. The average molecular weight is 345 g/mol. The Morgan fingerprint density at radius 3 is 3.04 bits per heavy atom. The maximum atomic E-state index is 12.6. The van der Waals surface area contributed by atoms with Crippen molar-refractivity contribution in [2.45, 2.75) is 18.2 Å². The van der Waals surface area contributed by atoms with Crippen LogP contribution in [0.25, 0.3) is 0 Å². The van der Waals surface area contributed by atoms with Gasteiger partial charge in [-0.05, 0) is 12.1 Å². The van der Waals surface area contributed by atoms with Gasteiger partial charge in [-0.25, -0.2) is 0 Å². The number of rotatable bonds is 6. The lowest BCUT2D eigenvalue weighted by Gasteiger charge is -2.29. The van der Waals surface area contributed by atoms with Crippen molar-refractivity contribution in [3.63, 3.8) is 0 Å². The van der Waals surface area contributed by atoms with Gasteiger partial charge in [0.05, 0.1) is 24.5 Å². The summed E-state index contributed by atoms with van der Waals surface area (Å²) in [5.74, 6) is 1.70. The predicted molar refractivity (Wildman–Crippen MR) is 93.1 cm³/mol. The summed E-state index contributed by atoms with van der Waals surface area (Å²) in [6.07, 6.45) is 1.76. The van der Waals surface area contributed by atoms with Gasteiger partial charge in [-0.1, -0.05) is 30.0 Å². The number of anilines is 1. The minimum absolute atomic E-state index is 0.0122. The highest BCUT2D eigenvalue weighted by atomic mass is 32.2. The van der Waals surface area contributed by atoms with Gasteiger partial charge in [-0.15, -0.1) is 16.8 Å². The highest BCUT2D eigenvalue weighted by molar-refractivity contribution is 7.99. The van der Waals surface area contributed by atoms with Crippen LogP contribution in [0.1, 0.15) is 5.82 Å². The maximum absolute atomic E-state index is 12.6. The summed E-state index contributed by atoms with van der Waals surface area (Å²) in [4.78, 5) is 14.4. The molecule has 2 aromatic rings. The molecule has 8 heteroatoms. The zero-order valence-electron chi connectivity index (χ0n) is 13.2. The molecule has 2 N–H and O–H groups in total. The van der Waals surface area contributed by atoms with Gasteiger partial charge < -0.3 is 19.9 Å². The van der Waals surface area contributed by atoms with Gasteiger partial charge in [-0.3, -0.25) is 4.79 Å². The van der Waals surface area contributed by atoms with Crippen LogP contribution in [0.2, 0.25) is 0 Å². The molecule has 0 unspecified atom stereocenters. The fourth-order valence-corrected chi connectivity index (χ4v) is 3.36. The molecule has 0 fully saturated rings. The number of hydrogen-bond acceptors (Lipinski definition) is 6. The SMILES string of the molecule is C=CCn1c(CN)nnc1SCC(=O)N1CCOc2ccccc21. The lowest BCUT2D eigenvalue weighted by atomic mass is 10.2. The highest BCUT2D eigenvalue weighted by Gasteiger charge is 2.24. The molecule has 1 aliphatic rings. The number of amides is 1.